The number of nitrogens with zero attached hydrogens (tertiary/aromatic N) is 2. The molecular weight excluding hydrogens is 272 g/mol. The molecule has 1 aromatic heterocycles. The number of rotatable bonds is 4. The van der Waals surface area contributed by atoms with Gasteiger partial charge < -0.3 is 9.64 Å². The molecule has 5 heteroatoms. The van der Waals surface area contributed by atoms with E-state index in [9.17, 15) is 4.79 Å². The predicted octanol–water partition coefficient (Wildman–Crippen LogP) is 1.82. The Hall–Kier alpha value is -0.910. The maximum absolute atomic E-state index is 12.2. The summed E-state index contributed by atoms with van der Waals surface area (Å²) in [7, 11) is 0. The van der Waals surface area contributed by atoms with E-state index in [1.165, 1.54) is 4.88 Å². The summed E-state index contributed by atoms with van der Waals surface area (Å²) < 4.78 is 5.34. The molecule has 20 heavy (non-hydrogen) atoms. The molecular formula is C15H22N2O2S. The van der Waals surface area contributed by atoms with Gasteiger partial charge in [-0.3, -0.25) is 9.69 Å². The van der Waals surface area contributed by atoms with Gasteiger partial charge in [0.05, 0.1) is 0 Å². The van der Waals surface area contributed by atoms with E-state index < -0.39 is 0 Å². The molecule has 0 saturated carbocycles. The number of carbonyl (C=O) groups excluding carboxylic acids is 1. The van der Waals surface area contributed by atoms with Gasteiger partial charge in [-0.15, -0.1) is 11.3 Å². The third-order valence-corrected chi connectivity index (χ3v) is 5.03. The summed E-state index contributed by atoms with van der Waals surface area (Å²) in [6.45, 7) is 6.35. The van der Waals surface area contributed by atoms with Crippen molar-refractivity contribution in [3.8, 4) is 0 Å². The maximum atomic E-state index is 12.2. The van der Waals surface area contributed by atoms with Crippen LogP contribution in [-0.4, -0.2) is 55.1 Å². The van der Waals surface area contributed by atoms with Crippen molar-refractivity contribution in [3.63, 3.8) is 0 Å². The molecule has 1 aromatic rings. The molecule has 0 N–H and O–H groups in total. The fraction of sp³-hybridized carbons (Fsp3) is 0.667. The van der Waals surface area contributed by atoms with E-state index in [0.717, 1.165) is 52.4 Å². The first-order chi connectivity index (χ1) is 9.81. The Morgan fingerprint density at radius 3 is 2.85 bits per heavy atom. The fourth-order valence-electron chi connectivity index (χ4n) is 2.90. The molecule has 2 fully saturated rings. The van der Waals surface area contributed by atoms with Crippen LogP contribution in [0.4, 0.5) is 0 Å². The minimum atomic E-state index is 0.316. The minimum Gasteiger partial charge on any atom is -0.381 e. The number of carbonyl (C=O) groups is 1. The van der Waals surface area contributed by atoms with Crippen molar-refractivity contribution in [2.75, 3.05) is 39.4 Å². The van der Waals surface area contributed by atoms with Gasteiger partial charge in [0.2, 0.25) is 5.91 Å². The Morgan fingerprint density at radius 2 is 2.20 bits per heavy atom. The van der Waals surface area contributed by atoms with Gasteiger partial charge in [0, 0.05) is 57.2 Å². The van der Waals surface area contributed by atoms with Gasteiger partial charge in [0.1, 0.15) is 0 Å². The predicted molar refractivity (Wildman–Crippen MR) is 79.7 cm³/mol. The van der Waals surface area contributed by atoms with E-state index in [0.29, 0.717) is 18.2 Å². The first-order valence-electron chi connectivity index (χ1n) is 7.41. The first kappa shape index (κ1) is 14.0. The summed E-state index contributed by atoms with van der Waals surface area (Å²) in [6, 6.07) is 4.28. The minimum absolute atomic E-state index is 0.316. The van der Waals surface area contributed by atoms with Crippen LogP contribution in [0.2, 0.25) is 0 Å². The molecule has 110 valence electrons. The number of hydrogen-bond donors (Lipinski definition) is 0. The second kappa shape index (κ2) is 6.70. The third kappa shape index (κ3) is 3.59. The molecule has 0 spiro atoms. The summed E-state index contributed by atoms with van der Waals surface area (Å²) in [5.41, 5.74) is 0. The number of piperazine rings is 1. The molecule has 2 aliphatic heterocycles. The maximum Gasteiger partial charge on any atom is 0.223 e. The molecule has 0 radical (unpaired) electrons. The summed E-state index contributed by atoms with van der Waals surface area (Å²) in [5, 5.41) is 2.12. The molecule has 3 rings (SSSR count). The van der Waals surface area contributed by atoms with Gasteiger partial charge in [-0.05, 0) is 23.8 Å². The van der Waals surface area contributed by atoms with Crippen LogP contribution in [-0.2, 0) is 16.1 Å². The first-order valence-corrected chi connectivity index (χ1v) is 8.29. The van der Waals surface area contributed by atoms with E-state index in [1.54, 1.807) is 0 Å². The van der Waals surface area contributed by atoms with Gasteiger partial charge in [0.25, 0.3) is 0 Å². The smallest absolute Gasteiger partial charge is 0.223 e. The van der Waals surface area contributed by atoms with Gasteiger partial charge in [-0.2, -0.15) is 0 Å². The zero-order valence-corrected chi connectivity index (χ0v) is 12.6. The van der Waals surface area contributed by atoms with Crippen LogP contribution in [0.15, 0.2) is 17.5 Å². The Morgan fingerprint density at radius 1 is 1.35 bits per heavy atom. The van der Waals surface area contributed by atoms with Crippen LogP contribution in [0, 0.1) is 5.92 Å². The monoisotopic (exact) mass is 294 g/mol. The SMILES string of the molecule is O=C(CC1CCOC1)N1CCN(Cc2cccs2)CC1. The lowest BCUT2D eigenvalue weighted by Gasteiger charge is -2.35. The van der Waals surface area contributed by atoms with Crippen molar-refractivity contribution >= 4 is 17.2 Å². The highest BCUT2D eigenvalue weighted by molar-refractivity contribution is 7.09. The quantitative estimate of drug-likeness (QED) is 0.849. The number of hydrogen-bond acceptors (Lipinski definition) is 4. The van der Waals surface area contributed by atoms with Crippen molar-refractivity contribution in [2.24, 2.45) is 5.92 Å². The Bertz CT molecular complexity index is 421. The van der Waals surface area contributed by atoms with E-state index >= 15 is 0 Å². The van der Waals surface area contributed by atoms with Crippen LogP contribution in [0.25, 0.3) is 0 Å². The highest BCUT2D eigenvalue weighted by Gasteiger charge is 2.25. The standard InChI is InChI=1S/C15H22N2O2S/c18-15(10-13-3-8-19-12-13)17-6-4-16(5-7-17)11-14-2-1-9-20-14/h1-2,9,13H,3-8,10-12H2. The third-order valence-electron chi connectivity index (χ3n) is 4.17. The molecule has 3 heterocycles. The zero-order chi connectivity index (χ0) is 13.8. The van der Waals surface area contributed by atoms with Crippen molar-refractivity contribution in [1.82, 2.24) is 9.80 Å². The van der Waals surface area contributed by atoms with Crippen LogP contribution < -0.4 is 0 Å². The lowest BCUT2D eigenvalue weighted by atomic mass is 10.0. The number of amides is 1. The molecule has 0 bridgehead atoms. The van der Waals surface area contributed by atoms with Gasteiger partial charge in [0.15, 0.2) is 0 Å². The summed E-state index contributed by atoms with van der Waals surface area (Å²) in [6.07, 6.45) is 1.72. The number of ether oxygens (including phenoxy) is 1. The van der Waals surface area contributed by atoms with E-state index in [4.69, 9.17) is 4.74 Å². The number of thiophene rings is 1. The van der Waals surface area contributed by atoms with Gasteiger partial charge in [-0.1, -0.05) is 6.07 Å². The topological polar surface area (TPSA) is 32.8 Å². The van der Waals surface area contributed by atoms with Crippen LogP contribution in [0.5, 0.6) is 0 Å². The van der Waals surface area contributed by atoms with E-state index in [2.05, 4.69) is 22.4 Å². The van der Waals surface area contributed by atoms with E-state index in [-0.39, 0.29) is 0 Å². The molecule has 1 amide bonds. The van der Waals surface area contributed by atoms with Crippen LogP contribution in [0.1, 0.15) is 17.7 Å². The average molecular weight is 294 g/mol. The second-order valence-corrected chi connectivity index (χ2v) is 6.70. The summed E-state index contributed by atoms with van der Waals surface area (Å²) >= 11 is 1.81. The zero-order valence-electron chi connectivity index (χ0n) is 11.8. The molecule has 1 atom stereocenters. The van der Waals surface area contributed by atoms with Crippen molar-refractivity contribution in [1.29, 1.82) is 0 Å². The van der Waals surface area contributed by atoms with E-state index in [1.807, 2.05) is 16.2 Å². The fourth-order valence-corrected chi connectivity index (χ4v) is 3.64. The summed E-state index contributed by atoms with van der Waals surface area (Å²) in [4.78, 5) is 18.1. The average Bonchev–Trinajstić information content (AvgIpc) is 3.13. The molecule has 2 aliphatic rings. The lowest BCUT2D eigenvalue weighted by Crippen LogP contribution is -2.48. The Balaban J connectivity index is 1.42. The molecule has 0 aromatic carbocycles. The largest absolute Gasteiger partial charge is 0.381 e. The van der Waals surface area contributed by atoms with Crippen LogP contribution >= 0.6 is 11.3 Å². The van der Waals surface area contributed by atoms with Crippen molar-refractivity contribution < 1.29 is 9.53 Å². The molecule has 4 nitrogen and oxygen atoms in total. The molecule has 0 aliphatic carbocycles. The summed E-state index contributed by atoms with van der Waals surface area (Å²) in [5.74, 6) is 0.767. The van der Waals surface area contributed by atoms with Gasteiger partial charge in [-0.25, -0.2) is 0 Å². The lowest BCUT2D eigenvalue weighted by molar-refractivity contribution is -0.134. The van der Waals surface area contributed by atoms with Crippen molar-refractivity contribution in [2.45, 2.75) is 19.4 Å². The second-order valence-electron chi connectivity index (χ2n) is 5.67. The van der Waals surface area contributed by atoms with Crippen molar-refractivity contribution in [3.05, 3.63) is 22.4 Å². The van der Waals surface area contributed by atoms with Gasteiger partial charge >= 0.3 is 0 Å². The Kier molecular flexibility index (Phi) is 4.70. The molecule has 1 unspecified atom stereocenters. The Labute approximate surface area is 124 Å². The highest BCUT2D eigenvalue weighted by atomic mass is 32.1. The molecule has 2 saturated heterocycles. The normalized spacial score (nSPS) is 24.2. The van der Waals surface area contributed by atoms with Crippen LogP contribution in [0.3, 0.4) is 0 Å². The highest BCUT2D eigenvalue weighted by Crippen LogP contribution is 2.19.